The molecule has 3 rings (SSSR count). The van der Waals surface area contributed by atoms with E-state index in [4.69, 9.17) is 9.47 Å². The van der Waals surface area contributed by atoms with E-state index < -0.39 is 0 Å². The van der Waals surface area contributed by atoms with Crippen molar-refractivity contribution in [3.05, 3.63) is 59.2 Å². The first-order chi connectivity index (χ1) is 14.6. The summed E-state index contributed by atoms with van der Waals surface area (Å²) >= 11 is 0. The third-order valence-electron chi connectivity index (χ3n) is 4.78. The molecule has 3 N–H and O–H groups in total. The Labute approximate surface area is 201 Å². The van der Waals surface area contributed by atoms with Gasteiger partial charge in [-0.2, -0.15) is 0 Å². The average molecular weight is 538 g/mol. The van der Waals surface area contributed by atoms with Crippen molar-refractivity contribution in [1.29, 1.82) is 0 Å². The smallest absolute Gasteiger partial charge is 0.258 e. The van der Waals surface area contributed by atoms with Crippen LogP contribution in [-0.2, 0) is 17.9 Å². The summed E-state index contributed by atoms with van der Waals surface area (Å²) in [5.74, 6) is 2.14. The number of amides is 1. The Morgan fingerprint density at radius 3 is 2.61 bits per heavy atom. The molecule has 7 nitrogen and oxygen atoms in total. The predicted octanol–water partition coefficient (Wildman–Crippen LogP) is 3.14. The van der Waals surface area contributed by atoms with Crippen LogP contribution in [0.15, 0.2) is 47.5 Å². The molecule has 0 radical (unpaired) electrons. The summed E-state index contributed by atoms with van der Waals surface area (Å²) < 4.78 is 11.1. The minimum absolute atomic E-state index is 0. The standard InChI is InChI=1S/C23H30N4O3.HI/c1-16-7-8-18(21(11-16)29-3)14-26-23(24-2)25-13-17-5-4-6-20(12-17)30-15-22(28)27-19-9-10-19;/h4-8,11-12,19H,9-10,13-15H2,1-3H3,(H,27,28)(H2,24,25,26);1H. The highest BCUT2D eigenvalue weighted by atomic mass is 127. The van der Waals surface area contributed by atoms with E-state index in [9.17, 15) is 4.79 Å². The number of guanidine groups is 1. The van der Waals surface area contributed by atoms with Crippen LogP contribution in [0.1, 0.15) is 29.5 Å². The number of nitrogens with one attached hydrogen (secondary N) is 3. The highest BCUT2D eigenvalue weighted by Gasteiger charge is 2.23. The highest BCUT2D eigenvalue weighted by molar-refractivity contribution is 14.0. The maximum atomic E-state index is 11.8. The van der Waals surface area contributed by atoms with Crippen LogP contribution in [-0.4, -0.2) is 38.7 Å². The van der Waals surface area contributed by atoms with Crippen LogP contribution < -0.4 is 25.4 Å². The fourth-order valence-electron chi connectivity index (χ4n) is 2.97. The molecule has 0 aromatic heterocycles. The van der Waals surface area contributed by atoms with Gasteiger partial charge >= 0.3 is 0 Å². The number of aryl methyl sites for hydroxylation is 1. The minimum Gasteiger partial charge on any atom is -0.496 e. The molecule has 2 aromatic carbocycles. The van der Waals surface area contributed by atoms with E-state index in [1.807, 2.05) is 37.3 Å². The van der Waals surface area contributed by atoms with Gasteiger partial charge in [-0.15, -0.1) is 24.0 Å². The highest BCUT2D eigenvalue weighted by Crippen LogP contribution is 2.20. The number of methoxy groups -OCH3 is 1. The number of carbonyl (C=O) groups is 1. The van der Waals surface area contributed by atoms with Gasteiger partial charge in [-0.1, -0.05) is 24.3 Å². The van der Waals surface area contributed by atoms with Crippen LogP contribution in [0.3, 0.4) is 0 Å². The zero-order chi connectivity index (χ0) is 21.3. The van der Waals surface area contributed by atoms with Crippen molar-refractivity contribution < 1.29 is 14.3 Å². The Hall–Kier alpha value is -2.49. The molecule has 0 bridgehead atoms. The summed E-state index contributed by atoms with van der Waals surface area (Å²) in [4.78, 5) is 16.1. The molecule has 8 heteroatoms. The summed E-state index contributed by atoms with van der Waals surface area (Å²) in [6, 6.07) is 14.2. The van der Waals surface area contributed by atoms with E-state index in [2.05, 4.69) is 33.1 Å². The SMILES string of the molecule is CN=C(NCc1cccc(OCC(=O)NC2CC2)c1)NCc1ccc(C)cc1OC.I. The van der Waals surface area contributed by atoms with Gasteiger partial charge in [0.05, 0.1) is 7.11 Å². The van der Waals surface area contributed by atoms with Crippen molar-refractivity contribution in [2.24, 2.45) is 4.99 Å². The maximum absolute atomic E-state index is 11.8. The van der Waals surface area contributed by atoms with Crippen LogP contribution in [0.4, 0.5) is 0 Å². The lowest BCUT2D eigenvalue weighted by Crippen LogP contribution is -2.36. The van der Waals surface area contributed by atoms with Crippen molar-refractivity contribution in [3.8, 4) is 11.5 Å². The van der Waals surface area contributed by atoms with Crippen LogP contribution in [0.25, 0.3) is 0 Å². The van der Waals surface area contributed by atoms with Crippen molar-refractivity contribution in [2.45, 2.75) is 38.9 Å². The fraction of sp³-hybridized carbons (Fsp3) is 0.391. The van der Waals surface area contributed by atoms with Crippen LogP contribution >= 0.6 is 24.0 Å². The molecule has 1 saturated carbocycles. The van der Waals surface area contributed by atoms with E-state index in [0.29, 0.717) is 30.8 Å². The summed E-state index contributed by atoms with van der Waals surface area (Å²) in [5, 5.41) is 9.51. The zero-order valence-corrected chi connectivity index (χ0v) is 20.6. The number of halogens is 1. The van der Waals surface area contributed by atoms with Gasteiger partial charge in [0, 0.05) is 31.7 Å². The molecule has 0 heterocycles. The molecule has 1 fully saturated rings. The summed E-state index contributed by atoms with van der Waals surface area (Å²) in [6.07, 6.45) is 2.14. The molecule has 31 heavy (non-hydrogen) atoms. The fourth-order valence-corrected chi connectivity index (χ4v) is 2.97. The number of benzene rings is 2. The van der Waals surface area contributed by atoms with Gasteiger partial charge in [0.2, 0.25) is 0 Å². The zero-order valence-electron chi connectivity index (χ0n) is 18.2. The van der Waals surface area contributed by atoms with Gasteiger partial charge in [0.25, 0.3) is 5.91 Å². The number of nitrogens with zero attached hydrogens (tertiary/aromatic N) is 1. The molecule has 2 aromatic rings. The van der Waals surface area contributed by atoms with Crippen molar-refractivity contribution in [1.82, 2.24) is 16.0 Å². The Morgan fingerprint density at radius 1 is 1.13 bits per heavy atom. The van der Waals surface area contributed by atoms with Crippen LogP contribution in [0, 0.1) is 6.92 Å². The topological polar surface area (TPSA) is 84.0 Å². The second-order valence-corrected chi connectivity index (χ2v) is 7.37. The van der Waals surface area contributed by atoms with E-state index in [0.717, 1.165) is 35.3 Å². The van der Waals surface area contributed by atoms with Crippen molar-refractivity contribution in [2.75, 3.05) is 20.8 Å². The number of carbonyl (C=O) groups excluding carboxylic acids is 1. The molecular formula is C23H31IN4O3. The number of hydrogen-bond donors (Lipinski definition) is 3. The van der Waals surface area contributed by atoms with Gasteiger partial charge < -0.3 is 25.4 Å². The molecule has 1 aliphatic carbocycles. The van der Waals surface area contributed by atoms with Crippen LogP contribution in [0.5, 0.6) is 11.5 Å². The first-order valence-corrected chi connectivity index (χ1v) is 10.2. The molecule has 0 atom stereocenters. The lowest BCUT2D eigenvalue weighted by atomic mass is 10.1. The number of hydrogen-bond acceptors (Lipinski definition) is 4. The lowest BCUT2D eigenvalue weighted by molar-refractivity contribution is -0.123. The molecule has 1 aliphatic rings. The average Bonchev–Trinajstić information content (AvgIpc) is 3.57. The van der Waals surface area contributed by atoms with E-state index in [-0.39, 0.29) is 36.5 Å². The summed E-state index contributed by atoms with van der Waals surface area (Å²) in [6.45, 7) is 3.26. The molecular weight excluding hydrogens is 507 g/mol. The number of aliphatic imine (C=N–C) groups is 1. The van der Waals surface area contributed by atoms with Crippen molar-refractivity contribution >= 4 is 35.8 Å². The second kappa shape index (κ2) is 12.4. The Balaban J connectivity index is 0.00000341. The summed E-state index contributed by atoms with van der Waals surface area (Å²) in [5.41, 5.74) is 3.25. The van der Waals surface area contributed by atoms with Crippen LogP contribution in [0.2, 0.25) is 0 Å². The van der Waals surface area contributed by atoms with E-state index >= 15 is 0 Å². The number of ether oxygens (including phenoxy) is 2. The molecule has 0 spiro atoms. The minimum atomic E-state index is -0.0721. The first kappa shape index (κ1) is 24.8. The molecule has 168 valence electrons. The molecule has 0 aliphatic heterocycles. The third-order valence-corrected chi connectivity index (χ3v) is 4.78. The van der Waals surface area contributed by atoms with Crippen molar-refractivity contribution in [3.63, 3.8) is 0 Å². The first-order valence-electron chi connectivity index (χ1n) is 10.2. The Bertz CT molecular complexity index is 900. The van der Waals surface area contributed by atoms with Gasteiger partial charge in [-0.3, -0.25) is 9.79 Å². The second-order valence-electron chi connectivity index (χ2n) is 7.37. The Morgan fingerprint density at radius 2 is 1.90 bits per heavy atom. The lowest BCUT2D eigenvalue weighted by Gasteiger charge is -2.14. The summed E-state index contributed by atoms with van der Waals surface area (Å²) in [7, 11) is 3.41. The van der Waals surface area contributed by atoms with E-state index in [1.165, 1.54) is 0 Å². The predicted molar refractivity (Wildman–Crippen MR) is 133 cm³/mol. The molecule has 0 saturated heterocycles. The van der Waals surface area contributed by atoms with Gasteiger partial charge in [-0.25, -0.2) is 0 Å². The van der Waals surface area contributed by atoms with Gasteiger partial charge in [0.1, 0.15) is 11.5 Å². The third kappa shape index (κ3) is 8.28. The Kier molecular flexibility index (Phi) is 9.90. The largest absolute Gasteiger partial charge is 0.496 e. The maximum Gasteiger partial charge on any atom is 0.258 e. The molecule has 0 unspecified atom stereocenters. The normalized spacial score (nSPS) is 13.1. The molecule has 1 amide bonds. The van der Waals surface area contributed by atoms with Gasteiger partial charge in [-0.05, 0) is 49.1 Å². The van der Waals surface area contributed by atoms with Gasteiger partial charge in [0.15, 0.2) is 12.6 Å². The monoisotopic (exact) mass is 538 g/mol. The number of rotatable bonds is 9. The van der Waals surface area contributed by atoms with E-state index in [1.54, 1.807) is 14.2 Å². The quantitative estimate of drug-likeness (QED) is 0.260.